The quantitative estimate of drug-likeness (QED) is 0.715. The first kappa shape index (κ1) is 18.1. The molecule has 0 saturated heterocycles. The van der Waals surface area contributed by atoms with Crippen LogP contribution in [0, 0.1) is 6.92 Å². The molecule has 6 heteroatoms. The van der Waals surface area contributed by atoms with Gasteiger partial charge in [0.1, 0.15) is 13.2 Å². The van der Waals surface area contributed by atoms with Crippen LogP contribution in [0.1, 0.15) is 23.1 Å². The Balaban J connectivity index is 1.44. The van der Waals surface area contributed by atoms with E-state index in [4.69, 9.17) is 9.47 Å². The molecule has 28 heavy (non-hydrogen) atoms. The molecule has 144 valence electrons. The predicted octanol–water partition coefficient (Wildman–Crippen LogP) is 2.86. The minimum absolute atomic E-state index is 0.0788. The summed E-state index contributed by atoms with van der Waals surface area (Å²) in [5.74, 6) is 1.23. The molecule has 1 amide bonds. The molecule has 0 spiro atoms. The average Bonchev–Trinajstić information content (AvgIpc) is 2.70. The zero-order valence-corrected chi connectivity index (χ0v) is 15.7. The van der Waals surface area contributed by atoms with Crippen molar-refractivity contribution in [2.75, 3.05) is 13.2 Å². The van der Waals surface area contributed by atoms with Gasteiger partial charge in [0.25, 0.3) is 5.56 Å². The maximum absolute atomic E-state index is 12.4. The number of carbonyl (C=O) groups is 1. The highest BCUT2D eigenvalue weighted by atomic mass is 16.6. The largest absolute Gasteiger partial charge is 0.486 e. The Morgan fingerprint density at radius 2 is 1.82 bits per heavy atom. The van der Waals surface area contributed by atoms with Crippen LogP contribution in [-0.2, 0) is 17.8 Å². The number of aryl methyl sites for hydroxylation is 2. The number of amides is 1. The molecule has 6 nitrogen and oxygen atoms in total. The van der Waals surface area contributed by atoms with Crippen LogP contribution in [-0.4, -0.2) is 24.1 Å². The van der Waals surface area contributed by atoms with Crippen molar-refractivity contribution in [2.45, 2.75) is 26.3 Å². The van der Waals surface area contributed by atoms with Crippen LogP contribution >= 0.6 is 0 Å². The van der Waals surface area contributed by atoms with Gasteiger partial charge in [-0.2, -0.15) is 0 Å². The molecular weight excluding hydrogens is 356 g/mol. The minimum Gasteiger partial charge on any atom is -0.486 e. The van der Waals surface area contributed by atoms with Gasteiger partial charge in [-0.1, -0.05) is 24.3 Å². The van der Waals surface area contributed by atoms with Crippen molar-refractivity contribution in [3.05, 3.63) is 69.5 Å². The van der Waals surface area contributed by atoms with Crippen LogP contribution in [0.3, 0.4) is 0 Å². The number of pyridine rings is 1. The summed E-state index contributed by atoms with van der Waals surface area (Å²) in [4.78, 5) is 27.5. The molecule has 0 saturated carbocycles. The summed E-state index contributed by atoms with van der Waals surface area (Å²) >= 11 is 0. The van der Waals surface area contributed by atoms with Crippen molar-refractivity contribution in [1.82, 2.24) is 10.3 Å². The zero-order chi connectivity index (χ0) is 19.5. The van der Waals surface area contributed by atoms with Gasteiger partial charge in [0.05, 0.1) is 5.52 Å². The molecule has 0 unspecified atom stereocenters. The van der Waals surface area contributed by atoms with Crippen molar-refractivity contribution < 1.29 is 14.3 Å². The van der Waals surface area contributed by atoms with E-state index in [1.165, 1.54) is 0 Å². The molecule has 4 rings (SSSR count). The standard InChI is InChI=1S/C22H22N2O4/c1-14-4-2-3-5-16(14)13-23-21(25)7-6-15-10-17-11-19-20(28-9-8-27-19)12-18(17)24-22(15)26/h2-5,10-12H,6-9,13H2,1H3,(H,23,25)(H,24,26). The van der Waals surface area contributed by atoms with E-state index in [1.54, 1.807) is 6.07 Å². The monoisotopic (exact) mass is 378 g/mol. The van der Waals surface area contributed by atoms with Gasteiger partial charge in [-0.3, -0.25) is 9.59 Å². The SMILES string of the molecule is Cc1ccccc1CNC(=O)CCc1cc2cc3c(cc2[nH]c1=O)OCCO3. The fourth-order valence-corrected chi connectivity index (χ4v) is 3.31. The normalized spacial score (nSPS) is 12.8. The van der Waals surface area contributed by atoms with Gasteiger partial charge in [-0.05, 0) is 36.6 Å². The fraction of sp³-hybridized carbons (Fsp3) is 0.273. The molecule has 1 aliphatic heterocycles. The van der Waals surface area contributed by atoms with Gasteiger partial charge in [-0.15, -0.1) is 0 Å². The lowest BCUT2D eigenvalue weighted by atomic mass is 10.1. The van der Waals surface area contributed by atoms with E-state index in [0.29, 0.717) is 48.8 Å². The first-order chi connectivity index (χ1) is 13.6. The molecule has 0 atom stereocenters. The van der Waals surface area contributed by atoms with E-state index >= 15 is 0 Å². The Morgan fingerprint density at radius 1 is 1.07 bits per heavy atom. The number of benzene rings is 2. The third-order valence-corrected chi connectivity index (χ3v) is 4.94. The van der Waals surface area contributed by atoms with Gasteiger partial charge >= 0.3 is 0 Å². The second-order valence-corrected chi connectivity index (χ2v) is 6.91. The van der Waals surface area contributed by atoms with Crippen LogP contribution in [0.4, 0.5) is 0 Å². The van der Waals surface area contributed by atoms with Crippen molar-refractivity contribution in [2.24, 2.45) is 0 Å². The topological polar surface area (TPSA) is 80.4 Å². The number of aromatic amines is 1. The van der Waals surface area contributed by atoms with Gasteiger partial charge in [-0.25, -0.2) is 0 Å². The summed E-state index contributed by atoms with van der Waals surface area (Å²) < 4.78 is 11.2. The maximum Gasteiger partial charge on any atom is 0.251 e. The van der Waals surface area contributed by atoms with Gasteiger partial charge in [0.15, 0.2) is 11.5 Å². The Morgan fingerprint density at radius 3 is 2.61 bits per heavy atom. The molecule has 2 aromatic carbocycles. The number of carbonyl (C=O) groups excluding carboxylic acids is 1. The Bertz CT molecular complexity index is 1090. The third-order valence-electron chi connectivity index (χ3n) is 4.94. The Hall–Kier alpha value is -3.28. The highest BCUT2D eigenvalue weighted by Crippen LogP contribution is 2.33. The number of fused-ring (bicyclic) bond motifs is 2. The summed E-state index contributed by atoms with van der Waals surface area (Å²) in [5.41, 5.74) is 3.32. The molecule has 0 bridgehead atoms. The number of hydrogen-bond acceptors (Lipinski definition) is 4. The number of aromatic nitrogens is 1. The maximum atomic E-state index is 12.4. The summed E-state index contributed by atoms with van der Waals surface area (Å²) in [5, 5.41) is 3.78. The molecule has 0 radical (unpaired) electrons. The molecule has 0 fully saturated rings. The molecule has 2 N–H and O–H groups in total. The summed E-state index contributed by atoms with van der Waals surface area (Å²) in [6.45, 7) is 3.51. The average molecular weight is 378 g/mol. The summed E-state index contributed by atoms with van der Waals surface area (Å²) in [7, 11) is 0. The first-order valence-corrected chi connectivity index (χ1v) is 9.37. The van der Waals surface area contributed by atoms with E-state index in [9.17, 15) is 9.59 Å². The Kier molecular flexibility index (Phi) is 5.02. The van der Waals surface area contributed by atoms with Crippen molar-refractivity contribution >= 4 is 16.8 Å². The van der Waals surface area contributed by atoms with Crippen LogP contribution in [0.2, 0.25) is 0 Å². The summed E-state index contributed by atoms with van der Waals surface area (Å²) in [6.07, 6.45) is 0.629. The highest BCUT2D eigenvalue weighted by molar-refractivity contribution is 5.83. The molecule has 1 aromatic heterocycles. The van der Waals surface area contributed by atoms with E-state index in [1.807, 2.05) is 43.3 Å². The van der Waals surface area contributed by atoms with Crippen molar-refractivity contribution in [1.29, 1.82) is 0 Å². The van der Waals surface area contributed by atoms with E-state index in [-0.39, 0.29) is 17.9 Å². The van der Waals surface area contributed by atoms with Gasteiger partial charge in [0, 0.05) is 30.0 Å². The molecular formula is C22H22N2O4. The fourth-order valence-electron chi connectivity index (χ4n) is 3.31. The number of hydrogen-bond donors (Lipinski definition) is 2. The van der Waals surface area contributed by atoms with Gasteiger partial charge < -0.3 is 19.8 Å². The Labute approximate surface area is 162 Å². The molecule has 1 aliphatic rings. The number of ether oxygens (including phenoxy) is 2. The van der Waals surface area contributed by atoms with Crippen LogP contribution < -0.4 is 20.3 Å². The van der Waals surface area contributed by atoms with Crippen LogP contribution in [0.25, 0.3) is 10.9 Å². The second kappa shape index (κ2) is 7.76. The predicted molar refractivity (Wildman–Crippen MR) is 107 cm³/mol. The van der Waals surface area contributed by atoms with E-state index < -0.39 is 0 Å². The molecule has 2 heterocycles. The van der Waals surface area contributed by atoms with Crippen LogP contribution in [0.15, 0.2) is 47.3 Å². The number of H-pyrrole nitrogens is 1. The van der Waals surface area contributed by atoms with Crippen molar-refractivity contribution in [3.8, 4) is 11.5 Å². The van der Waals surface area contributed by atoms with E-state index in [0.717, 1.165) is 16.5 Å². The smallest absolute Gasteiger partial charge is 0.251 e. The molecule has 0 aliphatic carbocycles. The van der Waals surface area contributed by atoms with Crippen LogP contribution in [0.5, 0.6) is 11.5 Å². The summed E-state index contributed by atoms with van der Waals surface area (Å²) in [6, 6.07) is 13.4. The number of rotatable bonds is 5. The second-order valence-electron chi connectivity index (χ2n) is 6.91. The van der Waals surface area contributed by atoms with Gasteiger partial charge in [0.2, 0.25) is 5.91 Å². The lowest BCUT2D eigenvalue weighted by Gasteiger charge is -2.18. The number of nitrogens with one attached hydrogen (secondary N) is 2. The first-order valence-electron chi connectivity index (χ1n) is 9.37. The van der Waals surface area contributed by atoms with Crippen molar-refractivity contribution in [3.63, 3.8) is 0 Å². The third kappa shape index (κ3) is 3.86. The zero-order valence-electron chi connectivity index (χ0n) is 15.7. The lowest BCUT2D eigenvalue weighted by Crippen LogP contribution is -2.24. The minimum atomic E-state index is -0.184. The molecule has 3 aromatic rings. The van der Waals surface area contributed by atoms with E-state index in [2.05, 4.69) is 10.3 Å². The highest BCUT2D eigenvalue weighted by Gasteiger charge is 2.14. The lowest BCUT2D eigenvalue weighted by molar-refractivity contribution is -0.121.